The summed E-state index contributed by atoms with van der Waals surface area (Å²) in [5.41, 5.74) is 4.86. The van der Waals surface area contributed by atoms with E-state index in [-0.39, 0.29) is 0 Å². The lowest BCUT2D eigenvalue weighted by atomic mass is 9.97. The van der Waals surface area contributed by atoms with E-state index < -0.39 is 0 Å². The van der Waals surface area contributed by atoms with Crippen LogP contribution in [0, 0.1) is 6.92 Å². The molecule has 1 N–H and O–H groups in total. The van der Waals surface area contributed by atoms with Gasteiger partial charge in [0.05, 0.1) is 7.11 Å². The largest absolute Gasteiger partial charge is 0.497 e. The average Bonchev–Trinajstić information content (AvgIpc) is 2.45. The molecule has 0 unspecified atom stereocenters. The number of nitrogens with zero attached hydrogens (tertiary/aromatic N) is 1. The molecule has 2 aromatic rings. The molecule has 0 saturated heterocycles. The first kappa shape index (κ1) is 13.6. The van der Waals surface area contributed by atoms with Crippen molar-refractivity contribution in [2.24, 2.45) is 0 Å². The van der Waals surface area contributed by atoms with Crippen molar-refractivity contribution >= 4 is 0 Å². The number of methoxy groups -OCH3 is 1. The maximum Gasteiger partial charge on any atom is 0.119 e. The van der Waals surface area contributed by atoms with Crippen molar-refractivity contribution in [2.45, 2.75) is 20.4 Å². The van der Waals surface area contributed by atoms with E-state index in [0.29, 0.717) is 0 Å². The smallest absolute Gasteiger partial charge is 0.119 e. The Labute approximate surface area is 114 Å². The van der Waals surface area contributed by atoms with Crippen LogP contribution in [-0.2, 0) is 6.54 Å². The molecule has 0 aliphatic carbocycles. The molecule has 1 heterocycles. The third kappa shape index (κ3) is 3.12. The van der Waals surface area contributed by atoms with Crippen LogP contribution in [0.2, 0.25) is 0 Å². The second kappa shape index (κ2) is 6.34. The van der Waals surface area contributed by atoms with E-state index >= 15 is 0 Å². The molecular formula is C16H20N2O. The van der Waals surface area contributed by atoms with Gasteiger partial charge < -0.3 is 10.1 Å². The van der Waals surface area contributed by atoms with Gasteiger partial charge in [-0.25, -0.2) is 0 Å². The van der Waals surface area contributed by atoms with Gasteiger partial charge >= 0.3 is 0 Å². The lowest BCUT2D eigenvalue weighted by molar-refractivity contribution is 0.414. The number of hydrogen-bond acceptors (Lipinski definition) is 3. The number of pyridine rings is 1. The Morgan fingerprint density at radius 2 is 2.05 bits per heavy atom. The quantitative estimate of drug-likeness (QED) is 0.892. The van der Waals surface area contributed by atoms with E-state index in [1.807, 2.05) is 24.5 Å². The molecule has 0 saturated carbocycles. The predicted molar refractivity (Wildman–Crippen MR) is 78.3 cm³/mol. The van der Waals surface area contributed by atoms with Crippen LogP contribution in [0.3, 0.4) is 0 Å². The van der Waals surface area contributed by atoms with E-state index in [0.717, 1.165) is 18.8 Å². The average molecular weight is 256 g/mol. The SMILES string of the molecule is CCNCc1cc(OC)ccc1-c1cnccc1C. The number of aromatic nitrogens is 1. The normalized spacial score (nSPS) is 10.5. The Hall–Kier alpha value is -1.87. The van der Waals surface area contributed by atoms with Gasteiger partial charge in [-0.3, -0.25) is 4.98 Å². The van der Waals surface area contributed by atoms with Crippen LogP contribution >= 0.6 is 0 Å². The van der Waals surface area contributed by atoms with Crippen LogP contribution in [0.5, 0.6) is 5.75 Å². The monoisotopic (exact) mass is 256 g/mol. The standard InChI is InChI=1S/C16H20N2O/c1-4-17-10-13-9-14(19-3)5-6-15(13)16-11-18-8-7-12(16)2/h5-9,11,17H,4,10H2,1-3H3. The Morgan fingerprint density at radius 1 is 1.21 bits per heavy atom. The van der Waals surface area contributed by atoms with Crippen LogP contribution in [0.4, 0.5) is 0 Å². The minimum atomic E-state index is 0.831. The van der Waals surface area contributed by atoms with Crippen molar-refractivity contribution in [2.75, 3.05) is 13.7 Å². The zero-order valence-electron chi connectivity index (χ0n) is 11.7. The van der Waals surface area contributed by atoms with Gasteiger partial charge in [0.2, 0.25) is 0 Å². The minimum absolute atomic E-state index is 0.831. The number of benzene rings is 1. The van der Waals surface area contributed by atoms with Crippen LogP contribution < -0.4 is 10.1 Å². The molecule has 0 spiro atoms. The predicted octanol–water partition coefficient (Wildman–Crippen LogP) is 3.18. The fourth-order valence-electron chi connectivity index (χ4n) is 2.11. The molecule has 0 aliphatic heterocycles. The zero-order valence-corrected chi connectivity index (χ0v) is 11.7. The van der Waals surface area contributed by atoms with Gasteiger partial charge in [0.15, 0.2) is 0 Å². The van der Waals surface area contributed by atoms with Crippen molar-refractivity contribution in [1.29, 1.82) is 0 Å². The summed E-state index contributed by atoms with van der Waals surface area (Å²) >= 11 is 0. The zero-order chi connectivity index (χ0) is 13.7. The first-order valence-electron chi connectivity index (χ1n) is 6.55. The summed E-state index contributed by atoms with van der Waals surface area (Å²) in [5.74, 6) is 0.887. The molecule has 0 fully saturated rings. The molecule has 0 bridgehead atoms. The molecular weight excluding hydrogens is 236 g/mol. The molecule has 3 nitrogen and oxygen atoms in total. The van der Waals surface area contributed by atoms with E-state index in [9.17, 15) is 0 Å². The molecule has 0 amide bonds. The van der Waals surface area contributed by atoms with Crippen molar-refractivity contribution < 1.29 is 4.74 Å². The fourth-order valence-corrected chi connectivity index (χ4v) is 2.11. The number of ether oxygens (including phenoxy) is 1. The third-order valence-electron chi connectivity index (χ3n) is 3.21. The highest BCUT2D eigenvalue weighted by atomic mass is 16.5. The van der Waals surface area contributed by atoms with Crippen molar-refractivity contribution in [3.63, 3.8) is 0 Å². The Kier molecular flexibility index (Phi) is 4.53. The van der Waals surface area contributed by atoms with Gasteiger partial charge in [-0.15, -0.1) is 0 Å². The third-order valence-corrected chi connectivity index (χ3v) is 3.21. The highest BCUT2D eigenvalue weighted by molar-refractivity contribution is 5.70. The Balaban J connectivity index is 2.46. The van der Waals surface area contributed by atoms with Crippen LogP contribution in [0.15, 0.2) is 36.7 Å². The molecule has 1 aromatic carbocycles. The van der Waals surface area contributed by atoms with Gasteiger partial charge in [-0.05, 0) is 48.4 Å². The number of rotatable bonds is 5. The first-order valence-corrected chi connectivity index (χ1v) is 6.55. The fraction of sp³-hybridized carbons (Fsp3) is 0.312. The van der Waals surface area contributed by atoms with Crippen LogP contribution in [-0.4, -0.2) is 18.6 Å². The summed E-state index contributed by atoms with van der Waals surface area (Å²) in [6.07, 6.45) is 3.75. The topological polar surface area (TPSA) is 34.1 Å². The van der Waals surface area contributed by atoms with Gasteiger partial charge in [0.1, 0.15) is 5.75 Å². The maximum absolute atomic E-state index is 5.31. The van der Waals surface area contributed by atoms with Gasteiger partial charge in [0, 0.05) is 24.5 Å². The van der Waals surface area contributed by atoms with Crippen LogP contribution in [0.1, 0.15) is 18.1 Å². The van der Waals surface area contributed by atoms with Gasteiger partial charge in [-0.2, -0.15) is 0 Å². The minimum Gasteiger partial charge on any atom is -0.497 e. The highest BCUT2D eigenvalue weighted by Gasteiger charge is 2.09. The van der Waals surface area contributed by atoms with Crippen LogP contribution in [0.25, 0.3) is 11.1 Å². The number of hydrogen-bond donors (Lipinski definition) is 1. The summed E-state index contributed by atoms with van der Waals surface area (Å²) in [4.78, 5) is 4.23. The number of nitrogens with one attached hydrogen (secondary N) is 1. The Bertz CT molecular complexity index is 552. The molecule has 2 rings (SSSR count). The summed E-state index contributed by atoms with van der Waals surface area (Å²) in [6.45, 7) is 5.99. The number of aryl methyl sites for hydroxylation is 1. The molecule has 0 radical (unpaired) electrons. The van der Waals surface area contributed by atoms with E-state index in [1.165, 1.54) is 22.3 Å². The first-order chi connectivity index (χ1) is 9.26. The van der Waals surface area contributed by atoms with Crippen molar-refractivity contribution in [3.8, 4) is 16.9 Å². The van der Waals surface area contributed by atoms with Gasteiger partial charge in [-0.1, -0.05) is 13.0 Å². The van der Waals surface area contributed by atoms with E-state index in [2.05, 4.69) is 36.3 Å². The maximum atomic E-state index is 5.31. The molecule has 1 aromatic heterocycles. The summed E-state index contributed by atoms with van der Waals surface area (Å²) in [7, 11) is 1.70. The molecule has 0 atom stereocenters. The second-order valence-corrected chi connectivity index (χ2v) is 4.49. The van der Waals surface area contributed by atoms with Crippen molar-refractivity contribution in [3.05, 3.63) is 47.8 Å². The summed E-state index contributed by atoms with van der Waals surface area (Å²) < 4.78 is 5.31. The summed E-state index contributed by atoms with van der Waals surface area (Å²) in [6, 6.07) is 8.23. The lowest BCUT2D eigenvalue weighted by Gasteiger charge is -2.13. The van der Waals surface area contributed by atoms with E-state index in [1.54, 1.807) is 7.11 Å². The summed E-state index contributed by atoms with van der Waals surface area (Å²) in [5, 5.41) is 3.37. The molecule has 3 heteroatoms. The van der Waals surface area contributed by atoms with Crippen molar-refractivity contribution in [1.82, 2.24) is 10.3 Å². The Morgan fingerprint density at radius 3 is 2.74 bits per heavy atom. The highest BCUT2D eigenvalue weighted by Crippen LogP contribution is 2.29. The molecule has 100 valence electrons. The molecule has 19 heavy (non-hydrogen) atoms. The van der Waals surface area contributed by atoms with E-state index in [4.69, 9.17) is 4.74 Å². The van der Waals surface area contributed by atoms with Gasteiger partial charge in [0.25, 0.3) is 0 Å². The lowest BCUT2D eigenvalue weighted by Crippen LogP contribution is -2.12. The molecule has 0 aliphatic rings. The second-order valence-electron chi connectivity index (χ2n) is 4.49.